The zero-order valence-electron chi connectivity index (χ0n) is 15.2. The second kappa shape index (κ2) is 8.27. The van der Waals surface area contributed by atoms with Crippen molar-refractivity contribution in [3.8, 4) is 5.75 Å². The van der Waals surface area contributed by atoms with E-state index in [1.807, 2.05) is 6.92 Å². The number of anilines is 1. The standard InChI is InChI=1S/C18H28F3NO3/c1-5-9-25-10-8-22-13-6-7-15(23)14(11-13)16(2,3)12-17(4,24)18(19,20)21/h6-7,11,22-24H,5,8-10,12H2,1-4H3. The first-order chi connectivity index (χ1) is 11.4. The minimum absolute atomic E-state index is 0.101. The molecule has 0 radical (unpaired) electrons. The predicted octanol–water partition coefficient (Wildman–Crippen LogP) is 4.21. The fourth-order valence-electron chi connectivity index (χ4n) is 2.76. The van der Waals surface area contributed by atoms with Crippen LogP contribution in [0, 0.1) is 0 Å². The predicted molar refractivity (Wildman–Crippen MR) is 92.0 cm³/mol. The SMILES string of the molecule is CCCOCCNc1ccc(O)c(C(C)(C)CC(C)(O)C(F)(F)F)c1. The highest BCUT2D eigenvalue weighted by atomic mass is 19.4. The first-order valence-corrected chi connectivity index (χ1v) is 8.35. The topological polar surface area (TPSA) is 61.7 Å². The van der Waals surface area contributed by atoms with Crippen LogP contribution in [0.3, 0.4) is 0 Å². The average Bonchev–Trinajstić information content (AvgIpc) is 2.46. The van der Waals surface area contributed by atoms with Crippen molar-refractivity contribution < 1.29 is 28.1 Å². The maximum atomic E-state index is 13.0. The van der Waals surface area contributed by atoms with E-state index in [0.717, 1.165) is 13.3 Å². The molecule has 1 aromatic carbocycles. The summed E-state index contributed by atoms with van der Waals surface area (Å²) >= 11 is 0. The summed E-state index contributed by atoms with van der Waals surface area (Å²) in [6.45, 7) is 7.62. The van der Waals surface area contributed by atoms with E-state index in [1.54, 1.807) is 26.0 Å². The first-order valence-electron chi connectivity index (χ1n) is 8.35. The van der Waals surface area contributed by atoms with E-state index >= 15 is 0 Å². The van der Waals surface area contributed by atoms with Crippen molar-refractivity contribution in [3.63, 3.8) is 0 Å². The van der Waals surface area contributed by atoms with E-state index in [9.17, 15) is 23.4 Å². The van der Waals surface area contributed by atoms with Crippen molar-refractivity contribution in [1.82, 2.24) is 0 Å². The number of phenolic OH excluding ortho intramolecular Hbond substituents is 1. The third-order valence-electron chi connectivity index (χ3n) is 4.05. The minimum atomic E-state index is -4.74. The number of ether oxygens (including phenoxy) is 1. The number of hydrogen-bond donors (Lipinski definition) is 3. The van der Waals surface area contributed by atoms with E-state index in [4.69, 9.17) is 4.74 Å². The van der Waals surface area contributed by atoms with Gasteiger partial charge in [-0.05, 0) is 43.4 Å². The number of phenols is 1. The molecule has 1 unspecified atom stereocenters. The largest absolute Gasteiger partial charge is 0.508 e. The number of rotatable bonds is 9. The summed E-state index contributed by atoms with van der Waals surface area (Å²) in [4.78, 5) is 0. The molecular formula is C18H28F3NO3. The molecule has 3 N–H and O–H groups in total. The summed E-state index contributed by atoms with van der Waals surface area (Å²) in [7, 11) is 0. The van der Waals surface area contributed by atoms with Gasteiger partial charge in [0.2, 0.25) is 0 Å². The maximum absolute atomic E-state index is 13.0. The lowest BCUT2D eigenvalue weighted by atomic mass is 9.75. The van der Waals surface area contributed by atoms with E-state index < -0.39 is 23.6 Å². The van der Waals surface area contributed by atoms with Gasteiger partial charge in [0.15, 0.2) is 5.60 Å². The fraction of sp³-hybridized carbons (Fsp3) is 0.667. The summed E-state index contributed by atoms with van der Waals surface area (Å²) < 4.78 is 44.3. The summed E-state index contributed by atoms with van der Waals surface area (Å²) in [6.07, 6.45) is -4.39. The van der Waals surface area contributed by atoms with Gasteiger partial charge in [-0.15, -0.1) is 0 Å². The van der Waals surface area contributed by atoms with Crippen LogP contribution in [0.15, 0.2) is 18.2 Å². The van der Waals surface area contributed by atoms with Gasteiger partial charge in [0.25, 0.3) is 0 Å². The van der Waals surface area contributed by atoms with Crippen molar-refractivity contribution in [1.29, 1.82) is 0 Å². The van der Waals surface area contributed by atoms with Crippen molar-refractivity contribution in [2.75, 3.05) is 25.1 Å². The van der Waals surface area contributed by atoms with Crippen molar-refractivity contribution >= 4 is 5.69 Å². The Balaban J connectivity index is 2.90. The Kier molecular flexibility index (Phi) is 7.14. The summed E-state index contributed by atoms with van der Waals surface area (Å²) in [5, 5.41) is 23.0. The van der Waals surface area contributed by atoms with Crippen molar-refractivity contribution in [3.05, 3.63) is 23.8 Å². The Morgan fingerprint density at radius 3 is 2.32 bits per heavy atom. The summed E-state index contributed by atoms with van der Waals surface area (Å²) in [6, 6.07) is 4.70. The van der Waals surface area contributed by atoms with E-state index in [-0.39, 0.29) is 5.75 Å². The van der Waals surface area contributed by atoms with Crippen molar-refractivity contribution in [2.24, 2.45) is 0 Å². The molecular weight excluding hydrogens is 335 g/mol. The number of halogens is 3. The molecule has 0 heterocycles. The van der Waals surface area contributed by atoms with Crippen LogP contribution in [0.25, 0.3) is 0 Å². The van der Waals surface area contributed by atoms with Crippen LogP contribution in [-0.4, -0.2) is 41.7 Å². The zero-order chi connectivity index (χ0) is 19.3. The molecule has 1 atom stereocenters. The molecule has 0 spiro atoms. The highest BCUT2D eigenvalue weighted by Crippen LogP contribution is 2.43. The minimum Gasteiger partial charge on any atom is -0.508 e. The maximum Gasteiger partial charge on any atom is 0.416 e. The van der Waals surface area contributed by atoms with Gasteiger partial charge in [0.1, 0.15) is 5.75 Å². The lowest BCUT2D eigenvalue weighted by Crippen LogP contribution is -2.46. The Morgan fingerprint density at radius 1 is 1.12 bits per heavy atom. The molecule has 1 aromatic rings. The highest BCUT2D eigenvalue weighted by Gasteiger charge is 2.52. The third-order valence-corrected chi connectivity index (χ3v) is 4.05. The lowest BCUT2D eigenvalue weighted by molar-refractivity contribution is -0.259. The molecule has 1 rings (SSSR count). The third kappa shape index (κ3) is 6.08. The van der Waals surface area contributed by atoms with Gasteiger partial charge >= 0.3 is 6.18 Å². The second-order valence-electron chi connectivity index (χ2n) is 7.10. The number of benzene rings is 1. The molecule has 0 amide bonds. The number of nitrogens with one attached hydrogen (secondary N) is 1. The molecule has 0 bridgehead atoms. The van der Waals surface area contributed by atoms with E-state index in [2.05, 4.69) is 5.32 Å². The molecule has 0 aliphatic rings. The zero-order valence-corrected chi connectivity index (χ0v) is 15.2. The molecule has 0 saturated carbocycles. The van der Waals surface area contributed by atoms with Crippen LogP contribution in [0.1, 0.15) is 46.1 Å². The molecule has 0 fully saturated rings. The average molecular weight is 363 g/mol. The number of hydrogen-bond acceptors (Lipinski definition) is 4. The van der Waals surface area contributed by atoms with E-state index in [0.29, 0.717) is 31.0 Å². The fourth-order valence-corrected chi connectivity index (χ4v) is 2.76. The van der Waals surface area contributed by atoms with Crippen LogP contribution in [0.4, 0.5) is 18.9 Å². The molecule has 0 aliphatic heterocycles. The second-order valence-corrected chi connectivity index (χ2v) is 7.10. The van der Waals surface area contributed by atoms with Crippen LogP contribution in [-0.2, 0) is 10.2 Å². The Morgan fingerprint density at radius 2 is 1.76 bits per heavy atom. The smallest absolute Gasteiger partial charge is 0.416 e. The van der Waals surface area contributed by atoms with Gasteiger partial charge < -0.3 is 20.3 Å². The van der Waals surface area contributed by atoms with Crippen LogP contribution in [0.5, 0.6) is 5.75 Å². The lowest BCUT2D eigenvalue weighted by Gasteiger charge is -2.35. The van der Waals surface area contributed by atoms with Crippen LogP contribution in [0.2, 0.25) is 0 Å². The van der Waals surface area contributed by atoms with Crippen LogP contribution < -0.4 is 5.32 Å². The van der Waals surface area contributed by atoms with Crippen molar-refractivity contribution in [2.45, 2.75) is 57.7 Å². The van der Waals surface area contributed by atoms with Gasteiger partial charge in [-0.1, -0.05) is 20.8 Å². The van der Waals surface area contributed by atoms with Gasteiger partial charge in [-0.2, -0.15) is 13.2 Å². The quantitative estimate of drug-likeness (QED) is 0.454. The number of aliphatic hydroxyl groups is 1. The molecule has 0 saturated heterocycles. The molecule has 4 nitrogen and oxygen atoms in total. The van der Waals surface area contributed by atoms with Gasteiger partial charge in [-0.3, -0.25) is 0 Å². The van der Waals surface area contributed by atoms with Gasteiger partial charge in [0.05, 0.1) is 6.61 Å². The summed E-state index contributed by atoms with van der Waals surface area (Å²) in [5.41, 5.74) is -2.91. The summed E-state index contributed by atoms with van der Waals surface area (Å²) in [5.74, 6) is -0.101. The van der Waals surface area contributed by atoms with Crippen LogP contribution >= 0.6 is 0 Å². The van der Waals surface area contributed by atoms with Gasteiger partial charge in [-0.25, -0.2) is 0 Å². The Hall–Kier alpha value is -1.47. The molecule has 144 valence electrons. The molecule has 0 aromatic heterocycles. The van der Waals surface area contributed by atoms with E-state index in [1.165, 1.54) is 6.07 Å². The normalized spacial score (nSPS) is 15.0. The Labute approximate surface area is 147 Å². The molecule has 25 heavy (non-hydrogen) atoms. The first kappa shape index (κ1) is 21.6. The number of aromatic hydroxyl groups is 1. The highest BCUT2D eigenvalue weighted by molar-refractivity contribution is 5.53. The molecule has 7 heteroatoms. The Bertz CT molecular complexity index is 557. The molecule has 0 aliphatic carbocycles. The monoisotopic (exact) mass is 363 g/mol. The number of alkyl halides is 3. The van der Waals surface area contributed by atoms with Gasteiger partial charge in [0, 0.05) is 24.4 Å².